The predicted octanol–water partition coefficient (Wildman–Crippen LogP) is 1.89. The van der Waals surface area contributed by atoms with Gasteiger partial charge in [0.2, 0.25) is 0 Å². The molecule has 16 heavy (non-hydrogen) atoms. The molecule has 2 aromatic rings. The third kappa shape index (κ3) is 1.44. The Morgan fingerprint density at radius 3 is 3.19 bits per heavy atom. The van der Waals surface area contributed by atoms with Crippen LogP contribution in [0.5, 0.6) is 5.75 Å². The van der Waals surface area contributed by atoms with Gasteiger partial charge in [0, 0.05) is 18.1 Å². The van der Waals surface area contributed by atoms with Crippen molar-refractivity contribution in [2.45, 2.75) is 18.9 Å². The van der Waals surface area contributed by atoms with Gasteiger partial charge < -0.3 is 10.5 Å². The lowest BCUT2D eigenvalue weighted by Crippen LogP contribution is -2.30. The van der Waals surface area contributed by atoms with Crippen molar-refractivity contribution in [3.63, 3.8) is 0 Å². The number of rotatable bonds is 1. The largest absolute Gasteiger partial charge is 0.488 e. The van der Waals surface area contributed by atoms with Gasteiger partial charge in [0.15, 0.2) is 0 Å². The van der Waals surface area contributed by atoms with E-state index in [9.17, 15) is 0 Å². The van der Waals surface area contributed by atoms with Crippen molar-refractivity contribution in [1.29, 1.82) is 0 Å². The van der Waals surface area contributed by atoms with Gasteiger partial charge in [-0.3, -0.25) is 4.98 Å². The van der Waals surface area contributed by atoms with Gasteiger partial charge in [-0.05, 0) is 36.6 Å². The smallest absolute Gasteiger partial charge is 0.132 e. The van der Waals surface area contributed by atoms with Gasteiger partial charge >= 0.3 is 0 Å². The summed E-state index contributed by atoms with van der Waals surface area (Å²) >= 11 is 0. The molecule has 0 amide bonds. The molecule has 0 fully saturated rings. The zero-order valence-corrected chi connectivity index (χ0v) is 9.02. The predicted molar refractivity (Wildman–Crippen MR) is 63.5 cm³/mol. The van der Waals surface area contributed by atoms with Gasteiger partial charge in [0.05, 0.1) is 5.52 Å². The van der Waals surface area contributed by atoms with E-state index in [-0.39, 0.29) is 6.10 Å². The molecule has 0 bridgehead atoms. The highest BCUT2D eigenvalue weighted by molar-refractivity contribution is 5.86. The molecule has 1 atom stereocenters. The Balaban J connectivity index is 2.17. The monoisotopic (exact) mass is 214 g/mol. The summed E-state index contributed by atoms with van der Waals surface area (Å²) in [6.45, 7) is 0.579. The number of fused-ring (bicyclic) bond motifs is 3. The van der Waals surface area contributed by atoms with E-state index in [4.69, 9.17) is 10.5 Å². The number of aromatic nitrogens is 1. The van der Waals surface area contributed by atoms with E-state index in [1.807, 2.05) is 6.07 Å². The van der Waals surface area contributed by atoms with Crippen molar-refractivity contribution in [2.75, 3.05) is 6.54 Å². The summed E-state index contributed by atoms with van der Waals surface area (Å²) in [6, 6.07) is 8.16. The first kappa shape index (κ1) is 9.60. The zero-order chi connectivity index (χ0) is 11.0. The highest BCUT2D eigenvalue weighted by Crippen LogP contribution is 2.34. The molecule has 0 aliphatic carbocycles. The second-order valence-electron chi connectivity index (χ2n) is 4.14. The number of benzene rings is 1. The maximum atomic E-state index is 5.93. The highest BCUT2D eigenvalue weighted by atomic mass is 16.5. The summed E-state index contributed by atoms with van der Waals surface area (Å²) in [7, 11) is 0. The lowest BCUT2D eigenvalue weighted by Gasteiger charge is -2.26. The van der Waals surface area contributed by atoms with E-state index in [0.29, 0.717) is 6.54 Å². The van der Waals surface area contributed by atoms with E-state index in [2.05, 4.69) is 23.2 Å². The molecule has 2 N–H and O–H groups in total. The molecule has 0 saturated heterocycles. The molecule has 1 aliphatic rings. The van der Waals surface area contributed by atoms with Crippen molar-refractivity contribution in [3.8, 4) is 5.75 Å². The maximum absolute atomic E-state index is 5.93. The first-order valence-electron chi connectivity index (χ1n) is 5.62. The molecule has 0 radical (unpaired) electrons. The van der Waals surface area contributed by atoms with Crippen LogP contribution in [0.25, 0.3) is 10.9 Å². The van der Waals surface area contributed by atoms with Crippen LogP contribution in [0.2, 0.25) is 0 Å². The topological polar surface area (TPSA) is 48.1 Å². The Bertz CT molecular complexity index is 524. The van der Waals surface area contributed by atoms with Crippen molar-refractivity contribution < 1.29 is 4.74 Å². The minimum atomic E-state index is 0.151. The van der Waals surface area contributed by atoms with E-state index in [1.54, 1.807) is 6.20 Å². The summed E-state index contributed by atoms with van der Waals surface area (Å²) in [5, 5.41) is 1.10. The standard InChI is InChI=1S/C13H14N2O/c14-8-10-5-3-9-4-6-12-11(13(9)16-10)2-1-7-15-12/h1-2,4,6-7,10H,3,5,8,14H2. The van der Waals surface area contributed by atoms with E-state index >= 15 is 0 Å². The molecule has 1 aliphatic heterocycles. The van der Waals surface area contributed by atoms with Crippen LogP contribution in [0.1, 0.15) is 12.0 Å². The number of hydrogen-bond donors (Lipinski definition) is 1. The van der Waals surface area contributed by atoms with E-state index in [1.165, 1.54) is 5.56 Å². The molecular formula is C13H14N2O. The molecule has 1 aromatic carbocycles. The minimum Gasteiger partial charge on any atom is -0.488 e. The molecule has 2 heterocycles. The van der Waals surface area contributed by atoms with Crippen molar-refractivity contribution >= 4 is 10.9 Å². The number of ether oxygens (including phenoxy) is 1. The van der Waals surface area contributed by atoms with Gasteiger partial charge in [0.1, 0.15) is 11.9 Å². The molecule has 3 nitrogen and oxygen atoms in total. The average Bonchev–Trinajstić information content (AvgIpc) is 2.38. The van der Waals surface area contributed by atoms with Crippen LogP contribution in [0, 0.1) is 0 Å². The Hall–Kier alpha value is -1.61. The van der Waals surface area contributed by atoms with Crippen molar-refractivity contribution in [2.24, 2.45) is 5.73 Å². The molecule has 3 rings (SSSR count). The Kier molecular flexibility index (Phi) is 2.26. The summed E-state index contributed by atoms with van der Waals surface area (Å²) in [5.41, 5.74) is 7.92. The van der Waals surface area contributed by atoms with E-state index in [0.717, 1.165) is 29.5 Å². The quantitative estimate of drug-likeness (QED) is 0.788. The fourth-order valence-electron chi connectivity index (χ4n) is 2.21. The van der Waals surface area contributed by atoms with Crippen LogP contribution in [0.15, 0.2) is 30.5 Å². The number of nitrogens with zero attached hydrogens (tertiary/aromatic N) is 1. The van der Waals surface area contributed by atoms with Crippen LogP contribution in [0.4, 0.5) is 0 Å². The van der Waals surface area contributed by atoms with Crippen LogP contribution < -0.4 is 10.5 Å². The summed E-state index contributed by atoms with van der Waals surface area (Å²) < 4.78 is 5.93. The van der Waals surface area contributed by atoms with Gasteiger partial charge in [0.25, 0.3) is 0 Å². The fourth-order valence-corrected chi connectivity index (χ4v) is 2.21. The number of pyridine rings is 1. The summed E-state index contributed by atoms with van der Waals surface area (Å²) in [5.74, 6) is 0.979. The molecular weight excluding hydrogens is 200 g/mol. The first-order valence-corrected chi connectivity index (χ1v) is 5.62. The van der Waals surface area contributed by atoms with Crippen LogP contribution in [-0.4, -0.2) is 17.6 Å². The van der Waals surface area contributed by atoms with Crippen LogP contribution in [-0.2, 0) is 6.42 Å². The van der Waals surface area contributed by atoms with Gasteiger partial charge in [-0.2, -0.15) is 0 Å². The Morgan fingerprint density at radius 2 is 2.31 bits per heavy atom. The number of aryl methyl sites for hydroxylation is 1. The number of hydrogen-bond acceptors (Lipinski definition) is 3. The van der Waals surface area contributed by atoms with Crippen molar-refractivity contribution in [1.82, 2.24) is 4.98 Å². The lowest BCUT2D eigenvalue weighted by molar-refractivity contribution is 0.184. The average molecular weight is 214 g/mol. The zero-order valence-electron chi connectivity index (χ0n) is 9.02. The molecule has 0 saturated carbocycles. The number of nitrogens with two attached hydrogens (primary N) is 1. The van der Waals surface area contributed by atoms with Crippen LogP contribution in [0.3, 0.4) is 0 Å². The normalized spacial score (nSPS) is 19.2. The molecule has 1 unspecified atom stereocenters. The van der Waals surface area contributed by atoms with Gasteiger partial charge in [-0.15, -0.1) is 0 Å². The fraction of sp³-hybridized carbons (Fsp3) is 0.308. The lowest BCUT2D eigenvalue weighted by atomic mass is 9.99. The molecule has 0 spiro atoms. The molecule has 3 heteroatoms. The highest BCUT2D eigenvalue weighted by Gasteiger charge is 2.20. The minimum absolute atomic E-state index is 0.151. The second kappa shape index (κ2) is 3.76. The third-order valence-electron chi connectivity index (χ3n) is 3.10. The molecule has 82 valence electrons. The maximum Gasteiger partial charge on any atom is 0.132 e. The summed E-state index contributed by atoms with van der Waals surface area (Å²) in [6.07, 6.45) is 4.01. The van der Waals surface area contributed by atoms with Gasteiger partial charge in [-0.25, -0.2) is 0 Å². The van der Waals surface area contributed by atoms with Crippen LogP contribution >= 0.6 is 0 Å². The first-order chi connectivity index (χ1) is 7.88. The Morgan fingerprint density at radius 1 is 1.38 bits per heavy atom. The SMILES string of the molecule is NCC1CCc2ccc3ncccc3c2O1. The Labute approximate surface area is 94.2 Å². The third-order valence-corrected chi connectivity index (χ3v) is 3.10. The second-order valence-corrected chi connectivity index (χ2v) is 4.14. The summed E-state index contributed by atoms with van der Waals surface area (Å²) in [4.78, 5) is 4.33. The van der Waals surface area contributed by atoms with E-state index < -0.39 is 0 Å². The van der Waals surface area contributed by atoms with Crippen molar-refractivity contribution in [3.05, 3.63) is 36.0 Å². The van der Waals surface area contributed by atoms with Gasteiger partial charge in [-0.1, -0.05) is 6.07 Å². The molecule has 1 aromatic heterocycles.